The molecule has 0 bridgehead atoms. The third-order valence-electron chi connectivity index (χ3n) is 5.98. The first kappa shape index (κ1) is 27.2. The van der Waals surface area contributed by atoms with E-state index in [-0.39, 0.29) is 34.4 Å². The van der Waals surface area contributed by atoms with Crippen LogP contribution < -0.4 is 4.90 Å². The topological polar surface area (TPSA) is 94.7 Å². The SMILES string of the molecule is CCCCn1c(N(COC(=O)CCN2CCN(C)CC2)C(=O)CI)nc2c(F)cc(C#N)c(F)c21. The van der Waals surface area contributed by atoms with Gasteiger partial charge < -0.3 is 19.1 Å². The Morgan fingerprint density at radius 3 is 2.60 bits per heavy atom. The van der Waals surface area contributed by atoms with Crippen molar-refractivity contribution in [2.24, 2.45) is 0 Å². The van der Waals surface area contributed by atoms with Gasteiger partial charge in [-0.25, -0.2) is 18.7 Å². The van der Waals surface area contributed by atoms with Crippen molar-refractivity contribution < 1.29 is 23.1 Å². The normalized spacial score (nSPS) is 14.7. The zero-order valence-electron chi connectivity index (χ0n) is 19.9. The highest BCUT2D eigenvalue weighted by molar-refractivity contribution is 14.1. The molecule has 1 aliphatic rings. The predicted molar refractivity (Wildman–Crippen MR) is 135 cm³/mol. The zero-order valence-corrected chi connectivity index (χ0v) is 22.1. The van der Waals surface area contributed by atoms with Gasteiger partial charge in [-0.2, -0.15) is 5.26 Å². The third-order valence-corrected chi connectivity index (χ3v) is 6.64. The van der Waals surface area contributed by atoms with Crippen LogP contribution in [0.3, 0.4) is 0 Å². The maximum absolute atomic E-state index is 15.1. The van der Waals surface area contributed by atoms with Crippen molar-refractivity contribution in [2.45, 2.75) is 32.7 Å². The van der Waals surface area contributed by atoms with Gasteiger partial charge in [0.2, 0.25) is 11.9 Å². The highest BCUT2D eigenvalue weighted by Gasteiger charge is 2.28. The summed E-state index contributed by atoms with van der Waals surface area (Å²) in [5.74, 6) is -2.68. The van der Waals surface area contributed by atoms with Crippen LogP contribution in [0.5, 0.6) is 0 Å². The lowest BCUT2D eigenvalue weighted by Gasteiger charge is -2.32. The second kappa shape index (κ2) is 12.5. The molecule has 1 saturated heterocycles. The molecule has 0 radical (unpaired) electrons. The molecule has 1 fully saturated rings. The van der Waals surface area contributed by atoms with Gasteiger partial charge in [-0.3, -0.25) is 9.59 Å². The number of piperazine rings is 1. The van der Waals surface area contributed by atoms with Crippen LogP contribution in [0.2, 0.25) is 0 Å². The van der Waals surface area contributed by atoms with Gasteiger partial charge in [0.1, 0.15) is 17.1 Å². The Morgan fingerprint density at radius 1 is 1.26 bits per heavy atom. The summed E-state index contributed by atoms with van der Waals surface area (Å²) in [6.07, 6.45) is 1.52. The average molecular weight is 602 g/mol. The molecule has 190 valence electrons. The molecule has 1 aliphatic heterocycles. The Hall–Kier alpha value is -2.37. The van der Waals surface area contributed by atoms with Crippen molar-refractivity contribution in [2.75, 3.05) is 55.8 Å². The van der Waals surface area contributed by atoms with Crippen molar-refractivity contribution in [3.8, 4) is 6.07 Å². The van der Waals surface area contributed by atoms with Crippen LogP contribution in [-0.4, -0.2) is 82.2 Å². The van der Waals surface area contributed by atoms with E-state index < -0.39 is 35.8 Å². The van der Waals surface area contributed by atoms with Crippen LogP contribution >= 0.6 is 22.6 Å². The number of rotatable bonds is 10. The first-order valence-electron chi connectivity index (χ1n) is 11.5. The number of nitrogens with zero attached hydrogens (tertiary/aromatic N) is 6. The number of anilines is 1. The molecule has 1 aromatic carbocycles. The highest BCUT2D eigenvalue weighted by Crippen LogP contribution is 2.30. The fraction of sp³-hybridized carbons (Fsp3) is 0.565. The lowest BCUT2D eigenvalue weighted by atomic mass is 10.2. The number of amides is 1. The number of carbonyl (C=O) groups excluding carboxylic acids is 2. The van der Waals surface area contributed by atoms with Crippen LogP contribution in [0.4, 0.5) is 14.7 Å². The molecule has 0 unspecified atom stereocenters. The first-order valence-corrected chi connectivity index (χ1v) is 13.0. The van der Waals surface area contributed by atoms with E-state index in [9.17, 15) is 19.2 Å². The number of aryl methyl sites for hydroxylation is 1. The van der Waals surface area contributed by atoms with E-state index in [1.807, 2.05) is 29.5 Å². The number of esters is 1. The highest BCUT2D eigenvalue weighted by atomic mass is 127. The van der Waals surface area contributed by atoms with Gasteiger partial charge in [-0.1, -0.05) is 35.9 Å². The number of likely N-dealkylation sites (N-methyl/N-ethyl adjacent to an activating group) is 1. The Kier molecular flexibility index (Phi) is 9.76. The summed E-state index contributed by atoms with van der Waals surface area (Å²) in [4.78, 5) is 34.9. The molecule has 0 N–H and O–H groups in total. The second-order valence-electron chi connectivity index (χ2n) is 8.44. The van der Waals surface area contributed by atoms with Crippen molar-refractivity contribution in [1.82, 2.24) is 19.4 Å². The van der Waals surface area contributed by atoms with Gasteiger partial charge in [0.15, 0.2) is 18.4 Å². The lowest BCUT2D eigenvalue weighted by Crippen LogP contribution is -2.45. The van der Waals surface area contributed by atoms with Crippen LogP contribution in [-0.2, 0) is 20.9 Å². The van der Waals surface area contributed by atoms with Crippen LogP contribution in [0.25, 0.3) is 11.0 Å². The number of carbonyl (C=O) groups is 2. The van der Waals surface area contributed by atoms with Gasteiger partial charge in [0.05, 0.1) is 16.4 Å². The Morgan fingerprint density at radius 2 is 1.97 bits per heavy atom. The number of hydrogen-bond donors (Lipinski definition) is 0. The number of fused-ring (bicyclic) bond motifs is 1. The lowest BCUT2D eigenvalue weighted by molar-refractivity contribution is -0.144. The van der Waals surface area contributed by atoms with Crippen LogP contribution in [0.15, 0.2) is 6.07 Å². The van der Waals surface area contributed by atoms with Crippen LogP contribution in [0.1, 0.15) is 31.7 Å². The van der Waals surface area contributed by atoms with E-state index in [1.165, 1.54) is 4.57 Å². The van der Waals surface area contributed by atoms with Gasteiger partial charge >= 0.3 is 5.97 Å². The van der Waals surface area contributed by atoms with Crippen molar-refractivity contribution in [1.29, 1.82) is 5.26 Å². The smallest absolute Gasteiger partial charge is 0.308 e. The molecule has 0 spiro atoms. The Balaban J connectivity index is 1.84. The van der Waals surface area contributed by atoms with Gasteiger partial charge in [-0.15, -0.1) is 0 Å². The quantitative estimate of drug-likeness (QED) is 0.179. The molecule has 1 aromatic heterocycles. The number of nitriles is 1. The molecule has 2 aromatic rings. The molecule has 0 aliphatic carbocycles. The van der Waals surface area contributed by atoms with E-state index in [1.54, 1.807) is 6.07 Å². The minimum atomic E-state index is -0.898. The molecule has 1 amide bonds. The summed E-state index contributed by atoms with van der Waals surface area (Å²) in [6.45, 7) is 5.91. The van der Waals surface area contributed by atoms with Crippen LogP contribution in [0, 0.1) is 23.0 Å². The monoisotopic (exact) mass is 602 g/mol. The van der Waals surface area contributed by atoms with E-state index in [4.69, 9.17) is 4.74 Å². The fourth-order valence-corrected chi connectivity index (χ4v) is 4.29. The second-order valence-corrected chi connectivity index (χ2v) is 9.20. The molecular formula is C23H29F2IN6O3. The number of ether oxygens (including phenoxy) is 1. The van der Waals surface area contributed by atoms with E-state index in [0.717, 1.165) is 43.6 Å². The van der Waals surface area contributed by atoms with Crippen molar-refractivity contribution in [3.63, 3.8) is 0 Å². The van der Waals surface area contributed by atoms with Gasteiger partial charge in [0.25, 0.3) is 0 Å². The zero-order chi connectivity index (χ0) is 25.5. The number of alkyl halides is 1. The Labute approximate surface area is 216 Å². The predicted octanol–water partition coefficient (Wildman–Crippen LogP) is 2.89. The summed E-state index contributed by atoms with van der Waals surface area (Å²) in [5.41, 5.74) is -0.904. The summed E-state index contributed by atoms with van der Waals surface area (Å²) >= 11 is 1.87. The number of imidazole rings is 1. The largest absolute Gasteiger partial charge is 0.444 e. The maximum atomic E-state index is 15.1. The summed E-state index contributed by atoms with van der Waals surface area (Å²) in [7, 11) is 2.05. The van der Waals surface area contributed by atoms with E-state index >= 15 is 4.39 Å². The summed E-state index contributed by atoms with van der Waals surface area (Å²) in [5, 5.41) is 9.20. The van der Waals surface area contributed by atoms with Gasteiger partial charge in [0, 0.05) is 39.3 Å². The number of halogens is 3. The average Bonchev–Trinajstić information content (AvgIpc) is 3.24. The number of aromatic nitrogens is 2. The Bertz CT molecular complexity index is 1110. The number of unbranched alkanes of at least 4 members (excludes halogenated alkanes) is 1. The van der Waals surface area contributed by atoms with E-state index in [0.29, 0.717) is 13.0 Å². The molecule has 9 nitrogen and oxygen atoms in total. The third kappa shape index (κ3) is 6.45. The molecule has 2 heterocycles. The minimum Gasteiger partial charge on any atom is -0.444 e. The molecule has 12 heteroatoms. The van der Waals surface area contributed by atoms with Crippen molar-refractivity contribution >= 4 is 51.4 Å². The van der Waals surface area contributed by atoms with Crippen molar-refractivity contribution in [3.05, 3.63) is 23.3 Å². The maximum Gasteiger partial charge on any atom is 0.308 e. The standard InChI is InChI=1S/C23H29F2IN6O3/c1-3-4-6-31-22-20(25)16(14-27)12-17(24)21(22)28-23(31)32(18(33)13-26)15-35-19(34)5-7-30-10-8-29(2)9-11-30/h12H,3-11,13,15H2,1-2H3. The summed E-state index contributed by atoms with van der Waals surface area (Å²) < 4.78 is 36.6. The molecule has 0 saturated carbocycles. The molecular weight excluding hydrogens is 573 g/mol. The molecule has 35 heavy (non-hydrogen) atoms. The molecule has 0 atom stereocenters. The number of hydrogen-bond acceptors (Lipinski definition) is 7. The summed E-state index contributed by atoms with van der Waals surface area (Å²) in [6, 6.07) is 2.45. The number of benzene rings is 1. The van der Waals surface area contributed by atoms with Gasteiger partial charge in [-0.05, 0) is 19.5 Å². The fourth-order valence-electron chi connectivity index (χ4n) is 3.87. The first-order chi connectivity index (χ1) is 16.8. The van der Waals surface area contributed by atoms with E-state index in [2.05, 4.69) is 21.8 Å². The molecule has 3 rings (SSSR count). The minimum absolute atomic E-state index is 0.0186.